The van der Waals surface area contributed by atoms with Crippen molar-refractivity contribution in [2.45, 2.75) is 39.7 Å². The summed E-state index contributed by atoms with van der Waals surface area (Å²) in [4.78, 5) is 32.0. The fraction of sp³-hybridized carbons (Fsp3) is 0.381. The second-order valence-electron chi connectivity index (χ2n) is 7.91. The number of benzene rings is 1. The standard InChI is InChI=1S/C21H24FN5O2/c1-11-6-7-26(21(29)15-9-14(22)4-5-16(15)23)18(8-11)17-10-19-24-13(3)12(2)20(28)27(19)25-17/h4-5,9-11,18,25H,6-8,23H2,1-3H3. The highest BCUT2D eigenvalue weighted by Crippen LogP contribution is 2.35. The third-order valence-corrected chi connectivity index (χ3v) is 5.83. The Balaban J connectivity index is 1.78. The zero-order chi connectivity index (χ0) is 20.9. The number of carbonyl (C=O) groups is 1. The zero-order valence-electron chi connectivity index (χ0n) is 16.7. The molecule has 1 aliphatic rings. The number of halogens is 1. The number of H-pyrrole nitrogens is 1. The fourth-order valence-electron chi connectivity index (χ4n) is 3.96. The van der Waals surface area contributed by atoms with Crippen molar-refractivity contribution < 1.29 is 9.18 Å². The van der Waals surface area contributed by atoms with Crippen molar-refractivity contribution in [2.24, 2.45) is 5.92 Å². The van der Waals surface area contributed by atoms with Crippen molar-refractivity contribution >= 4 is 17.2 Å². The molecule has 4 rings (SSSR count). The van der Waals surface area contributed by atoms with Crippen LogP contribution in [0.4, 0.5) is 10.1 Å². The summed E-state index contributed by atoms with van der Waals surface area (Å²) in [5, 5.41) is 3.13. The second-order valence-corrected chi connectivity index (χ2v) is 7.91. The first-order valence-electron chi connectivity index (χ1n) is 9.71. The molecule has 1 saturated heterocycles. The van der Waals surface area contributed by atoms with Gasteiger partial charge in [0.05, 0.1) is 17.3 Å². The van der Waals surface area contributed by atoms with Crippen molar-refractivity contribution in [1.82, 2.24) is 19.5 Å². The monoisotopic (exact) mass is 397 g/mol. The molecule has 1 aliphatic heterocycles. The number of piperidine rings is 1. The molecule has 3 aromatic rings. The van der Waals surface area contributed by atoms with E-state index in [4.69, 9.17) is 5.73 Å². The summed E-state index contributed by atoms with van der Waals surface area (Å²) in [5.74, 6) is -0.421. The summed E-state index contributed by atoms with van der Waals surface area (Å²) >= 11 is 0. The quantitative estimate of drug-likeness (QED) is 0.650. The van der Waals surface area contributed by atoms with Crippen molar-refractivity contribution in [3.05, 3.63) is 63.0 Å². The first-order chi connectivity index (χ1) is 13.8. The number of aryl methyl sites for hydroxylation is 1. The molecular weight excluding hydrogens is 373 g/mol. The molecule has 152 valence electrons. The molecule has 3 heterocycles. The lowest BCUT2D eigenvalue weighted by molar-refractivity contribution is 0.0552. The maximum Gasteiger partial charge on any atom is 0.275 e. The van der Waals surface area contributed by atoms with Gasteiger partial charge < -0.3 is 10.6 Å². The molecule has 0 radical (unpaired) electrons. The smallest absolute Gasteiger partial charge is 0.275 e. The molecule has 7 nitrogen and oxygen atoms in total. The average molecular weight is 397 g/mol. The molecule has 29 heavy (non-hydrogen) atoms. The maximum atomic E-state index is 13.7. The van der Waals surface area contributed by atoms with Gasteiger partial charge in [0.2, 0.25) is 0 Å². The van der Waals surface area contributed by atoms with E-state index in [1.54, 1.807) is 18.7 Å². The summed E-state index contributed by atoms with van der Waals surface area (Å²) in [6, 6.07) is 5.35. The predicted octanol–water partition coefficient (Wildman–Crippen LogP) is 2.97. The van der Waals surface area contributed by atoms with Gasteiger partial charge in [-0.25, -0.2) is 13.9 Å². The van der Waals surface area contributed by atoms with E-state index in [2.05, 4.69) is 17.0 Å². The Hall–Kier alpha value is -3.16. The van der Waals surface area contributed by atoms with E-state index in [9.17, 15) is 14.0 Å². The van der Waals surface area contributed by atoms with E-state index in [1.807, 2.05) is 6.07 Å². The number of amides is 1. The number of nitrogens with zero attached hydrogens (tertiary/aromatic N) is 3. The molecule has 0 bridgehead atoms. The average Bonchev–Trinajstić information content (AvgIpc) is 3.11. The molecule has 2 aromatic heterocycles. The molecule has 2 atom stereocenters. The number of aromatic amines is 1. The third-order valence-electron chi connectivity index (χ3n) is 5.83. The van der Waals surface area contributed by atoms with E-state index in [0.717, 1.165) is 18.5 Å². The zero-order valence-corrected chi connectivity index (χ0v) is 16.7. The molecule has 1 aromatic carbocycles. The minimum Gasteiger partial charge on any atom is -0.398 e. The van der Waals surface area contributed by atoms with Crippen LogP contribution in [0, 0.1) is 25.6 Å². The highest BCUT2D eigenvalue weighted by Gasteiger charge is 2.33. The summed E-state index contributed by atoms with van der Waals surface area (Å²) in [6.45, 7) is 6.20. The molecule has 1 fully saturated rings. The van der Waals surface area contributed by atoms with Gasteiger partial charge in [-0.15, -0.1) is 0 Å². The predicted molar refractivity (Wildman–Crippen MR) is 108 cm³/mol. The highest BCUT2D eigenvalue weighted by molar-refractivity contribution is 5.99. The minimum absolute atomic E-state index is 0.155. The number of nitrogens with one attached hydrogen (secondary N) is 1. The van der Waals surface area contributed by atoms with Gasteiger partial charge in [0, 0.05) is 29.6 Å². The summed E-state index contributed by atoms with van der Waals surface area (Å²) in [5.41, 5.74) is 8.69. The van der Waals surface area contributed by atoms with Crippen LogP contribution in [0.5, 0.6) is 0 Å². The Morgan fingerprint density at radius 1 is 1.31 bits per heavy atom. The molecular formula is C21H24FN5O2. The van der Waals surface area contributed by atoms with Gasteiger partial charge in [-0.2, -0.15) is 0 Å². The number of likely N-dealkylation sites (tertiary alicyclic amines) is 1. The van der Waals surface area contributed by atoms with Crippen molar-refractivity contribution in [3.8, 4) is 0 Å². The van der Waals surface area contributed by atoms with Crippen LogP contribution in [0.3, 0.4) is 0 Å². The topological polar surface area (TPSA) is 96.5 Å². The SMILES string of the molecule is Cc1nc2cc(C3CC(C)CCN3C(=O)c3cc(F)ccc3N)[nH]n2c(=O)c1C. The summed E-state index contributed by atoms with van der Waals surface area (Å²) < 4.78 is 15.2. The largest absolute Gasteiger partial charge is 0.398 e. The third kappa shape index (κ3) is 3.28. The number of carbonyl (C=O) groups excluding carboxylic acids is 1. The fourth-order valence-corrected chi connectivity index (χ4v) is 3.96. The number of anilines is 1. The molecule has 0 spiro atoms. The van der Waals surface area contributed by atoms with Crippen LogP contribution in [0.1, 0.15) is 53.1 Å². The van der Waals surface area contributed by atoms with Crippen LogP contribution >= 0.6 is 0 Å². The molecule has 0 aliphatic carbocycles. The lowest BCUT2D eigenvalue weighted by atomic mass is 9.90. The lowest BCUT2D eigenvalue weighted by Crippen LogP contribution is -2.41. The number of fused-ring (bicyclic) bond motifs is 1. The van der Waals surface area contributed by atoms with Crippen molar-refractivity contribution in [3.63, 3.8) is 0 Å². The van der Waals surface area contributed by atoms with Crippen LogP contribution < -0.4 is 11.3 Å². The molecule has 8 heteroatoms. The summed E-state index contributed by atoms with van der Waals surface area (Å²) in [6.07, 6.45) is 1.56. The van der Waals surface area contributed by atoms with Crippen molar-refractivity contribution in [1.29, 1.82) is 0 Å². The molecule has 1 amide bonds. The van der Waals surface area contributed by atoms with E-state index in [0.29, 0.717) is 29.4 Å². The number of nitrogens with two attached hydrogens (primary N) is 1. The number of aromatic nitrogens is 3. The van der Waals surface area contributed by atoms with Gasteiger partial charge >= 0.3 is 0 Å². The Kier molecular flexibility index (Phi) is 4.64. The van der Waals surface area contributed by atoms with Crippen LogP contribution in [-0.4, -0.2) is 31.9 Å². The van der Waals surface area contributed by atoms with Crippen LogP contribution in [0.25, 0.3) is 5.65 Å². The van der Waals surface area contributed by atoms with Crippen LogP contribution in [-0.2, 0) is 0 Å². The van der Waals surface area contributed by atoms with Gasteiger partial charge in [0.15, 0.2) is 5.65 Å². The van der Waals surface area contributed by atoms with Gasteiger partial charge in [-0.1, -0.05) is 6.92 Å². The molecule has 2 unspecified atom stereocenters. The maximum absolute atomic E-state index is 13.7. The molecule has 0 saturated carbocycles. The first kappa shape index (κ1) is 19.2. The number of nitrogen functional groups attached to an aromatic ring is 1. The minimum atomic E-state index is -0.503. The number of rotatable bonds is 2. The number of hydrogen-bond acceptors (Lipinski definition) is 4. The summed E-state index contributed by atoms with van der Waals surface area (Å²) in [7, 11) is 0. The van der Waals surface area contributed by atoms with Gasteiger partial charge in [-0.3, -0.25) is 14.7 Å². The lowest BCUT2D eigenvalue weighted by Gasteiger charge is -2.38. The first-order valence-corrected chi connectivity index (χ1v) is 9.71. The Bertz CT molecular complexity index is 1170. The van der Waals surface area contributed by atoms with Gasteiger partial charge in [-0.05, 0) is 50.8 Å². The highest BCUT2D eigenvalue weighted by atomic mass is 19.1. The van der Waals surface area contributed by atoms with Crippen molar-refractivity contribution in [2.75, 3.05) is 12.3 Å². The number of hydrogen-bond donors (Lipinski definition) is 2. The van der Waals surface area contributed by atoms with Gasteiger partial charge in [0.25, 0.3) is 11.5 Å². The van der Waals surface area contributed by atoms with Gasteiger partial charge in [0.1, 0.15) is 5.82 Å². The Morgan fingerprint density at radius 3 is 2.83 bits per heavy atom. The van der Waals surface area contributed by atoms with Crippen LogP contribution in [0.15, 0.2) is 29.1 Å². The van der Waals surface area contributed by atoms with E-state index < -0.39 is 5.82 Å². The van der Waals surface area contributed by atoms with E-state index >= 15 is 0 Å². The Labute approximate surface area is 167 Å². The van der Waals surface area contributed by atoms with Crippen LogP contribution in [0.2, 0.25) is 0 Å². The normalized spacial score (nSPS) is 19.7. The van der Waals surface area contributed by atoms with E-state index in [-0.39, 0.29) is 28.8 Å². The van der Waals surface area contributed by atoms with E-state index in [1.165, 1.54) is 22.7 Å². The molecule has 3 N–H and O–H groups in total. The Morgan fingerprint density at radius 2 is 2.07 bits per heavy atom. The second kappa shape index (κ2) is 7.02.